The van der Waals surface area contributed by atoms with Crippen LogP contribution in [0.3, 0.4) is 0 Å². The molecule has 0 atom stereocenters. The number of rotatable bonds is 17. The first-order valence-electron chi connectivity index (χ1n) is 16.4. The van der Waals surface area contributed by atoms with E-state index in [1.54, 1.807) is 48.6 Å². The largest absolute Gasteiger partial charge is 0.508 e. The molecule has 0 bridgehead atoms. The van der Waals surface area contributed by atoms with E-state index in [0.717, 1.165) is 31.2 Å². The van der Waals surface area contributed by atoms with E-state index in [0.29, 0.717) is 11.1 Å². The Labute approximate surface area is 286 Å². The highest BCUT2D eigenvalue weighted by Gasteiger charge is 2.31. The summed E-state index contributed by atoms with van der Waals surface area (Å²) in [5.74, 6) is -2.29. The number of phenols is 1. The van der Waals surface area contributed by atoms with Crippen molar-refractivity contribution in [3.63, 3.8) is 0 Å². The molecule has 2 aromatic carbocycles. The number of hydrogen-bond acceptors (Lipinski definition) is 8. The van der Waals surface area contributed by atoms with Gasteiger partial charge in [0.25, 0.3) is 0 Å². The van der Waals surface area contributed by atoms with Crippen LogP contribution in [0.15, 0.2) is 79.1 Å². The van der Waals surface area contributed by atoms with Crippen LogP contribution in [0, 0.1) is 0 Å². The van der Waals surface area contributed by atoms with Gasteiger partial charge in [0.05, 0.1) is 13.1 Å². The van der Waals surface area contributed by atoms with Gasteiger partial charge in [0.2, 0.25) is 29.5 Å². The zero-order chi connectivity index (χ0) is 35.2. The lowest BCUT2D eigenvalue weighted by atomic mass is 10.1. The lowest BCUT2D eigenvalue weighted by Crippen LogP contribution is -2.51. The van der Waals surface area contributed by atoms with Crippen LogP contribution in [-0.4, -0.2) is 105 Å². The number of carbonyl (C=O) groups is 5. The molecule has 13 nitrogen and oxygen atoms in total. The SMILES string of the molecule is CNCC(=O)N(CC(=O)N(CC(=O)N(CC(=O)N(CC(N)=O)Cc1ccccc1)Cc1ccc(O)cc1)Cc1cccnc1)C1CCCC1. The molecule has 0 saturated heterocycles. The molecule has 4 rings (SSSR count). The smallest absolute Gasteiger partial charge is 0.242 e. The van der Waals surface area contributed by atoms with Crippen molar-refractivity contribution >= 4 is 29.5 Å². The number of likely N-dealkylation sites (N-methyl/N-ethyl adjacent to an activating group) is 1. The van der Waals surface area contributed by atoms with Crippen molar-refractivity contribution in [2.75, 3.05) is 39.8 Å². The van der Waals surface area contributed by atoms with E-state index in [9.17, 15) is 29.1 Å². The maximum absolute atomic E-state index is 14.2. The minimum atomic E-state index is -0.700. The molecular formula is C36H45N7O6. The molecular weight excluding hydrogens is 626 g/mol. The summed E-state index contributed by atoms with van der Waals surface area (Å²) in [7, 11) is 1.67. The Bertz CT molecular complexity index is 1550. The Morgan fingerprint density at radius 2 is 1.24 bits per heavy atom. The normalized spacial score (nSPS) is 12.7. The summed E-state index contributed by atoms with van der Waals surface area (Å²) >= 11 is 0. The van der Waals surface area contributed by atoms with E-state index < -0.39 is 30.2 Å². The second-order valence-electron chi connectivity index (χ2n) is 12.2. The highest BCUT2D eigenvalue weighted by molar-refractivity contribution is 5.91. The number of phenolic OH excluding ortho intramolecular Hbond substituents is 1. The molecule has 0 aliphatic heterocycles. The standard InChI is InChI=1S/C36H45N7O6/c1-38-19-33(46)43(30-11-5-6-12-30)26-36(49)42(22-29-10-7-17-39-18-29)25-35(48)41(21-28-13-15-31(44)16-14-28)24-34(47)40(23-32(37)45)20-27-8-3-2-4-9-27/h2-4,7-10,13-18,30,38,44H,5-6,11-12,19-26H2,1H3,(H2,37,45). The molecule has 13 heteroatoms. The van der Waals surface area contributed by atoms with Crippen molar-refractivity contribution < 1.29 is 29.1 Å². The maximum Gasteiger partial charge on any atom is 0.242 e. The monoisotopic (exact) mass is 671 g/mol. The lowest BCUT2D eigenvalue weighted by Gasteiger charge is -2.33. The van der Waals surface area contributed by atoms with Crippen LogP contribution in [0.25, 0.3) is 0 Å². The molecule has 1 fully saturated rings. The fourth-order valence-electron chi connectivity index (χ4n) is 5.88. The van der Waals surface area contributed by atoms with Crippen molar-refractivity contribution in [1.29, 1.82) is 0 Å². The van der Waals surface area contributed by atoms with E-state index in [1.165, 1.54) is 26.8 Å². The Kier molecular flexibility index (Phi) is 13.6. The van der Waals surface area contributed by atoms with Crippen molar-refractivity contribution in [2.24, 2.45) is 5.73 Å². The minimum Gasteiger partial charge on any atom is -0.508 e. The number of hydrogen-bond donors (Lipinski definition) is 3. The Balaban J connectivity index is 1.60. The van der Waals surface area contributed by atoms with Crippen LogP contribution in [0.4, 0.5) is 0 Å². The van der Waals surface area contributed by atoms with Crippen LogP contribution in [0.2, 0.25) is 0 Å². The van der Waals surface area contributed by atoms with Gasteiger partial charge in [-0.2, -0.15) is 0 Å². The zero-order valence-corrected chi connectivity index (χ0v) is 27.9. The Morgan fingerprint density at radius 3 is 1.80 bits per heavy atom. The third kappa shape index (κ3) is 11.4. The van der Waals surface area contributed by atoms with Crippen LogP contribution in [-0.2, 0) is 43.6 Å². The molecule has 1 aliphatic carbocycles. The molecule has 1 aliphatic rings. The summed E-state index contributed by atoms with van der Waals surface area (Å²) in [4.78, 5) is 76.7. The number of amides is 5. The predicted molar refractivity (Wildman–Crippen MR) is 182 cm³/mol. The summed E-state index contributed by atoms with van der Waals surface area (Å²) in [6.07, 6.45) is 6.76. The number of pyridine rings is 1. The zero-order valence-electron chi connectivity index (χ0n) is 27.9. The average molecular weight is 672 g/mol. The van der Waals surface area contributed by atoms with Crippen molar-refractivity contribution in [3.05, 3.63) is 95.8 Å². The molecule has 1 aromatic heterocycles. The summed E-state index contributed by atoms with van der Waals surface area (Å²) in [5, 5.41) is 12.7. The first-order valence-corrected chi connectivity index (χ1v) is 16.4. The quantitative estimate of drug-likeness (QED) is 0.195. The average Bonchev–Trinajstić information content (AvgIpc) is 3.63. The summed E-state index contributed by atoms with van der Waals surface area (Å²) in [5.41, 5.74) is 7.60. The third-order valence-electron chi connectivity index (χ3n) is 8.40. The summed E-state index contributed by atoms with van der Waals surface area (Å²) in [6.45, 7) is -1.09. The van der Waals surface area contributed by atoms with Crippen LogP contribution < -0.4 is 11.1 Å². The van der Waals surface area contributed by atoms with Gasteiger partial charge in [-0.1, -0.05) is 61.4 Å². The predicted octanol–water partition coefficient (Wildman–Crippen LogP) is 1.65. The summed E-state index contributed by atoms with van der Waals surface area (Å²) < 4.78 is 0. The Hall–Kier alpha value is -5.30. The molecule has 1 saturated carbocycles. The van der Waals surface area contributed by atoms with Crippen LogP contribution in [0.1, 0.15) is 42.4 Å². The second kappa shape index (κ2) is 18.3. The van der Waals surface area contributed by atoms with Gasteiger partial charge >= 0.3 is 0 Å². The number of carbonyl (C=O) groups excluding carboxylic acids is 5. The van der Waals surface area contributed by atoms with Crippen LogP contribution >= 0.6 is 0 Å². The maximum atomic E-state index is 14.2. The number of benzene rings is 2. The number of nitrogens with one attached hydrogen (secondary N) is 1. The number of nitrogens with two attached hydrogens (primary N) is 1. The van der Waals surface area contributed by atoms with E-state index in [1.807, 2.05) is 30.3 Å². The molecule has 3 aromatic rings. The van der Waals surface area contributed by atoms with Gasteiger partial charge in [-0.25, -0.2) is 0 Å². The molecule has 0 unspecified atom stereocenters. The van der Waals surface area contributed by atoms with Gasteiger partial charge in [-0.3, -0.25) is 29.0 Å². The van der Waals surface area contributed by atoms with Gasteiger partial charge < -0.3 is 35.8 Å². The fourth-order valence-corrected chi connectivity index (χ4v) is 5.88. The van der Waals surface area contributed by atoms with Gasteiger partial charge in [0, 0.05) is 38.1 Å². The molecule has 0 spiro atoms. The fraction of sp³-hybridized carbons (Fsp3) is 0.389. The molecule has 260 valence electrons. The molecule has 49 heavy (non-hydrogen) atoms. The van der Waals surface area contributed by atoms with Gasteiger partial charge in [-0.05, 0) is 54.8 Å². The summed E-state index contributed by atoms with van der Waals surface area (Å²) in [6, 6.07) is 18.8. The van der Waals surface area contributed by atoms with Crippen molar-refractivity contribution in [2.45, 2.75) is 51.4 Å². The van der Waals surface area contributed by atoms with Crippen LogP contribution in [0.5, 0.6) is 5.75 Å². The van der Waals surface area contributed by atoms with Crippen molar-refractivity contribution in [1.82, 2.24) is 29.9 Å². The minimum absolute atomic E-state index is 0.00954. The molecule has 4 N–H and O–H groups in total. The first kappa shape index (κ1) is 36.5. The number of aromatic hydroxyl groups is 1. The molecule has 1 heterocycles. The Morgan fingerprint density at radius 1 is 0.714 bits per heavy atom. The van der Waals surface area contributed by atoms with Gasteiger partial charge in [-0.15, -0.1) is 0 Å². The van der Waals surface area contributed by atoms with Gasteiger partial charge in [0.15, 0.2) is 0 Å². The van der Waals surface area contributed by atoms with E-state index in [-0.39, 0.29) is 63.5 Å². The number of nitrogens with zero attached hydrogens (tertiary/aromatic N) is 5. The molecule has 0 radical (unpaired) electrons. The number of aromatic nitrogens is 1. The molecule has 5 amide bonds. The van der Waals surface area contributed by atoms with E-state index in [4.69, 9.17) is 5.73 Å². The topological polar surface area (TPSA) is 169 Å². The third-order valence-corrected chi connectivity index (χ3v) is 8.40. The first-order chi connectivity index (χ1) is 23.6. The van der Waals surface area contributed by atoms with Gasteiger partial charge in [0.1, 0.15) is 25.4 Å². The second-order valence-corrected chi connectivity index (χ2v) is 12.2. The van der Waals surface area contributed by atoms with Crippen molar-refractivity contribution in [3.8, 4) is 5.75 Å². The number of primary amides is 1. The highest BCUT2D eigenvalue weighted by Crippen LogP contribution is 2.24. The van der Waals surface area contributed by atoms with E-state index in [2.05, 4.69) is 10.3 Å². The highest BCUT2D eigenvalue weighted by atomic mass is 16.3. The lowest BCUT2D eigenvalue weighted by molar-refractivity contribution is -0.147. The van der Waals surface area contributed by atoms with E-state index >= 15 is 0 Å².